The van der Waals surface area contributed by atoms with Gasteiger partial charge in [0.05, 0.1) is 6.61 Å². The zero-order valence-electron chi connectivity index (χ0n) is 8.31. The molecule has 0 aromatic carbocycles. The van der Waals surface area contributed by atoms with E-state index >= 15 is 0 Å². The molecule has 0 bridgehead atoms. The third kappa shape index (κ3) is 4.07. The van der Waals surface area contributed by atoms with E-state index in [4.69, 9.17) is 4.74 Å². The minimum Gasteiger partial charge on any atom is -0.380 e. The summed E-state index contributed by atoms with van der Waals surface area (Å²) in [6.45, 7) is 7.27. The predicted molar refractivity (Wildman–Crippen MR) is 51.3 cm³/mol. The molecule has 1 unspecified atom stereocenters. The van der Waals surface area contributed by atoms with Crippen molar-refractivity contribution in [2.45, 2.75) is 39.2 Å². The smallest absolute Gasteiger partial charge is 0.0619 e. The fourth-order valence-electron chi connectivity index (χ4n) is 1.27. The number of rotatable bonds is 7. The zero-order chi connectivity index (χ0) is 8.81. The van der Waals surface area contributed by atoms with Crippen LogP contribution in [0.1, 0.15) is 33.1 Å². The molecule has 0 amide bonds. The van der Waals surface area contributed by atoms with Gasteiger partial charge in [-0.1, -0.05) is 13.8 Å². The van der Waals surface area contributed by atoms with Gasteiger partial charge in [-0.25, -0.2) is 0 Å². The first-order valence-corrected chi connectivity index (χ1v) is 5.18. The first-order chi connectivity index (χ1) is 5.86. The average molecular weight is 171 g/mol. The van der Waals surface area contributed by atoms with Gasteiger partial charge in [0.25, 0.3) is 0 Å². The van der Waals surface area contributed by atoms with Crippen LogP contribution in [0.4, 0.5) is 0 Å². The van der Waals surface area contributed by atoms with Crippen molar-refractivity contribution in [2.24, 2.45) is 5.92 Å². The van der Waals surface area contributed by atoms with E-state index in [1.54, 1.807) is 0 Å². The summed E-state index contributed by atoms with van der Waals surface area (Å²) in [7, 11) is 0. The maximum Gasteiger partial charge on any atom is 0.0619 e. The molecule has 0 aliphatic heterocycles. The summed E-state index contributed by atoms with van der Waals surface area (Å²) in [6.07, 6.45) is 3.94. The van der Waals surface area contributed by atoms with Crippen LogP contribution in [0.2, 0.25) is 0 Å². The molecule has 72 valence electrons. The average Bonchev–Trinajstić information content (AvgIpc) is 2.87. The van der Waals surface area contributed by atoms with Crippen LogP contribution in [0.3, 0.4) is 0 Å². The lowest BCUT2D eigenvalue weighted by Crippen LogP contribution is -2.32. The van der Waals surface area contributed by atoms with Crippen LogP contribution in [-0.2, 0) is 4.74 Å². The van der Waals surface area contributed by atoms with Gasteiger partial charge in [0.15, 0.2) is 0 Å². The Balaban J connectivity index is 1.93. The molecule has 1 fully saturated rings. The van der Waals surface area contributed by atoms with Crippen LogP contribution >= 0.6 is 0 Å². The van der Waals surface area contributed by atoms with Crippen molar-refractivity contribution in [2.75, 3.05) is 19.8 Å². The number of hydrogen-bond donors (Lipinski definition) is 1. The minimum absolute atomic E-state index is 0.564. The van der Waals surface area contributed by atoms with Gasteiger partial charge in [-0.05, 0) is 31.7 Å². The molecule has 0 aromatic rings. The molecule has 1 saturated carbocycles. The van der Waals surface area contributed by atoms with Gasteiger partial charge >= 0.3 is 0 Å². The summed E-state index contributed by atoms with van der Waals surface area (Å²) in [5, 5.41) is 3.40. The number of ether oxygens (including phenoxy) is 1. The Morgan fingerprint density at radius 1 is 1.42 bits per heavy atom. The van der Waals surface area contributed by atoms with Crippen LogP contribution in [0.5, 0.6) is 0 Å². The molecule has 0 radical (unpaired) electrons. The second-order valence-electron chi connectivity index (χ2n) is 3.64. The van der Waals surface area contributed by atoms with Crippen molar-refractivity contribution in [1.82, 2.24) is 5.32 Å². The van der Waals surface area contributed by atoms with Crippen molar-refractivity contribution in [3.05, 3.63) is 0 Å². The lowest BCUT2D eigenvalue weighted by Gasteiger charge is -2.15. The monoisotopic (exact) mass is 171 g/mol. The van der Waals surface area contributed by atoms with E-state index in [9.17, 15) is 0 Å². The summed E-state index contributed by atoms with van der Waals surface area (Å²) in [4.78, 5) is 0. The van der Waals surface area contributed by atoms with E-state index in [0.29, 0.717) is 6.04 Å². The molecule has 1 aliphatic rings. The van der Waals surface area contributed by atoms with E-state index in [1.165, 1.54) is 19.3 Å². The SMILES string of the molecule is CCNC(CC)COCC1CC1. The molecule has 0 aromatic heterocycles. The third-order valence-electron chi connectivity index (χ3n) is 2.36. The Kier molecular flexibility index (Phi) is 4.62. The van der Waals surface area contributed by atoms with Gasteiger partial charge in [-0.15, -0.1) is 0 Å². The Morgan fingerprint density at radius 3 is 2.67 bits per heavy atom. The summed E-state index contributed by atoms with van der Waals surface area (Å²) < 4.78 is 5.60. The molecule has 0 saturated heterocycles. The normalized spacial score (nSPS) is 19.5. The van der Waals surface area contributed by atoms with Crippen molar-refractivity contribution in [3.8, 4) is 0 Å². The second-order valence-corrected chi connectivity index (χ2v) is 3.64. The van der Waals surface area contributed by atoms with Crippen LogP contribution in [0.15, 0.2) is 0 Å². The summed E-state index contributed by atoms with van der Waals surface area (Å²) in [5.74, 6) is 0.893. The van der Waals surface area contributed by atoms with E-state index in [2.05, 4.69) is 19.2 Å². The Labute approximate surface area is 75.7 Å². The lowest BCUT2D eigenvalue weighted by molar-refractivity contribution is 0.102. The van der Waals surface area contributed by atoms with Crippen molar-refractivity contribution >= 4 is 0 Å². The highest BCUT2D eigenvalue weighted by molar-refractivity contribution is 4.72. The topological polar surface area (TPSA) is 21.3 Å². The fourth-order valence-corrected chi connectivity index (χ4v) is 1.27. The minimum atomic E-state index is 0.564. The fraction of sp³-hybridized carbons (Fsp3) is 1.00. The molecule has 0 heterocycles. The number of likely N-dealkylation sites (N-methyl/N-ethyl adjacent to an activating group) is 1. The Hall–Kier alpha value is -0.0800. The van der Waals surface area contributed by atoms with Crippen LogP contribution in [-0.4, -0.2) is 25.8 Å². The summed E-state index contributed by atoms with van der Waals surface area (Å²) in [6, 6.07) is 0.564. The lowest BCUT2D eigenvalue weighted by atomic mass is 10.2. The standard InChI is InChI=1S/C10H21NO/c1-3-10(11-4-2)8-12-7-9-5-6-9/h9-11H,3-8H2,1-2H3. The molecule has 1 aliphatic carbocycles. The van der Waals surface area contributed by atoms with Crippen LogP contribution in [0.25, 0.3) is 0 Å². The summed E-state index contributed by atoms with van der Waals surface area (Å²) in [5.41, 5.74) is 0. The first-order valence-electron chi connectivity index (χ1n) is 5.18. The van der Waals surface area contributed by atoms with E-state index in [0.717, 1.165) is 25.7 Å². The van der Waals surface area contributed by atoms with Gasteiger partial charge in [-0.3, -0.25) is 0 Å². The molecule has 12 heavy (non-hydrogen) atoms. The molecule has 0 spiro atoms. The predicted octanol–water partition coefficient (Wildman–Crippen LogP) is 1.80. The highest BCUT2D eigenvalue weighted by atomic mass is 16.5. The second kappa shape index (κ2) is 5.55. The molecule has 1 N–H and O–H groups in total. The maximum atomic E-state index is 5.60. The van der Waals surface area contributed by atoms with Crippen LogP contribution < -0.4 is 5.32 Å². The van der Waals surface area contributed by atoms with Crippen LogP contribution in [0, 0.1) is 5.92 Å². The Morgan fingerprint density at radius 2 is 2.17 bits per heavy atom. The third-order valence-corrected chi connectivity index (χ3v) is 2.36. The maximum absolute atomic E-state index is 5.60. The number of hydrogen-bond acceptors (Lipinski definition) is 2. The highest BCUT2D eigenvalue weighted by Crippen LogP contribution is 2.28. The first kappa shape index (κ1) is 10.0. The molecule has 2 nitrogen and oxygen atoms in total. The van der Waals surface area contributed by atoms with Gasteiger partial charge in [-0.2, -0.15) is 0 Å². The van der Waals surface area contributed by atoms with Gasteiger partial charge < -0.3 is 10.1 Å². The quantitative estimate of drug-likeness (QED) is 0.630. The molecular formula is C10H21NO. The number of nitrogens with one attached hydrogen (secondary N) is 1. The molecule has 1 rings (SSSR count). The zero-order valence-corrected chi connectivity index (χ0v) is 8.31. The molecular weight excluding hydrogens is 150 g/mol. The van der Waals surface area contributed by atoms with Crippen molar-refractivity contribution in [1.29, 1.82) is 0 Å². The molecule has 2 heteroatoms. The van der Waals surface area contributed by atoms with Gasteiger partial charge in [0, 0.05) is 12.6 Å². The van der Waals surface area contributed by atoms with Crippen molar-refractivity contribution < 1.29 is 4.74 Å². The highest BCUT2D eigenvalue weighted by Gasteiger charge is 2.21. The van der Waals surface area contributed by atoms with E-state index in [1.807, 2.05) is 0 Å². The van der Waals surface area contributed by atoms with Gasteiger partial charge in [0.2, 0.25) is 0 Å². The van der Waals surface area contributed by atoms with E-state index < -0.39 is 0 Å². The molecule has 1 atom stereocenters. The van der Waals surface area contributed by atoms with E-state index in [-0.39, 0.29) is 0 Å². The summed E-state index contributed by atoms with van der Waals surface area (Å²) >= 11 is 0. The van der Waals surface area contributed by atoms with Crippen molar-refractivity contribution in [3.63, 3.8) is 0 Å². The largest absolute Gasteiger partial charge is 0.380 e. The van der Waals surface area contributed by atoms with Gasteiger partial charge in [0.1, 0.15) is 0 Å². The Bertz CT molecular complexity index is 112.